The average Bonchev–Trinajstić information content (AvgIpc) is 2.43. The molecule has 0 saturated heterocycles. The minimum atomic E-state index is -3.36. The van der Waals surface area contributed by atoms with Crippen molar-refractivity contribution in [3.05, 3.63) is 30.3 Å². The largest absolute Gasteiger partial charge is 0.492 e. The van der Waals surface area contributed by atoms with Crippen LogP contribution in [0.15, 0.2) is 30.3 Å². The Morgan fingerprint density at radius 3 is 2.57 bits per heavy atom. The molecule has 0 radical (unpaired) electrons. The Morgan fingerprint density at radius 2 is 2.00 bits per heavy atom. The minimum absolute atomic E-state index is 0.0618. The van der Waals surface area contributed by atoms with Gasteiger partial charge in [-0.1, -0.05) is 25.1 Å². The number of rotatable bonds is 8. The highest BCUT2D eigenvalue weighted by molar-refractivity contribution is 7.89. The van der Waals surface area contributed by atoms with Crippen LogP contribution in [-0.4, -0.2) is 38.0 Å². The summed E-state index contributed by atoms with van der Waals surface area (Å²) < 4.78 is 32.3. The Labute approximate surface area is 126 Å². The lowest BCUT2D eigenvalue weighted by atomic mass is 9.77. The van der Waals surface area contributed by atoms with Crippen molar-refractivity contribution < 1.29 is 18.3 Å². The maximum absolute atomic E-state index is 12.1. The molecule has 2 N–H and O–H groups in total. The Balaban J connectivity index is 1.78. The smallest absolute Gasteiger partial charge is 0.215 e. The third-order valence-corrected chi connectivity index (χ3v) is 5.22. The first-order valence-corrected chi connectivity index (χ1v) is 9.01. The van der Waals surface area contributed by atoms with Crippen molar-refractivity contribution in [1.29, 1.82) is 0 Å². The van der Waals surface area contributed by atoms with Gasteiger partial charge in [0.1, 0.15) is 12.4 Å². The molecule has 0 heterocycles. The molecule has 0 aromatic heterocycles. The number of nitrogens with one attached hydrogen (secondary N) is 1. The van der Waals surface area contributed by atoms with Gasteiger partial charge in [0.05, 0.1) is 11.9 Å². The third-order valence-electron chi connectivity index (χ3n) is 3.85. The van der Waals surface area contributed by atoms with Gasteiger partial charge in [-0.3, -0.25) is 0 Å². The predicted molar refractivity (Wildman–Crippen MR) is 81.7 cm³/mol. The van der Waals surface area contributed by atoms with Crippen LogP contribution in [0.4, 0.5) is 0 Å². The molecule has 1 aliphatic carbocycles. The van der Waals surface area contributed by atoms with E-state index in [1.165, 1.54) is 0 Å². The van der Waals surface area contributed by atoms with E-state index in [1.54, 1.807) is 12.1 Å². The van der Waals surface area contributed by atoms with Crippen molar-refractivity contribution in [2.24, 2.45) is 5.92 Å². The summed E-state index contributed by atoms with van der Waals surface area (Å²) in [5.41, 5.74) is 0. The van der Waals surface area contributed by atoms with Crippen LogP contribution < -0.4 is 9.46 Å². The fourth-order valence-electron chi connectivity index (χ4n) is 2.55. The first kappa shape index (κ1) is 16.3. The van der Waals surface area contributed by atoms with Crippen molar-refractivity contribution >= 4 is 10.0 Å². The molecule has 5 nitrogen and oxygen atoms in total. The van der Waals surface area contributed by atoms with Gasteiger partial charge in [-0.2, -0.15) is 0 Å². The lowest BCUT2D eigenvalue weighted by Gasteiger charge is -2.37. The molecular weight excluding hydrogens is 290 g/mol. The minimum Gasteiger partial charge on any atom is -0.492 e. The van der Waals surface area contributed by atoms with Gasteiger partial charge >= 0.3 is 0 Å². The maximum Gasteiger partial charge on any atom is 0.215 e. The molecule has 6 heteroatoms. The molecule has 0 bridgehead atoms. The normalized spacial score (nSPS) is 23.3. The second-order valence-corrected chi connectivity index (χ2v) is 7.37. The molecule has 1 atom stereocenters. The van der Waals surface area contributed by atoms with Crippen LogP contribution in [0.5, 0.6) is 5.75 Å². The van der Waals surface area contributed by atoms with E-state index < -0.39 is 10.0 Å². The quantitative estimate of drug-likeness (QED) is 0.763. The van der Waals surface area contributed by atoms with Crippen LogP contribution in [0.3, 0.4) is 0 Å². The lowest BCUT2D eigenvalue weighted by molar-refractivity contribution is 0.0277. The van der Waals surface area contributed by atoms with E-state index in [0.29, 0.717) is 18.6 Å². The van der Waals surface area contributed by atoms with E-state index in [0.717, 1.165) is 6.42 Å². The van der Waals surface area contributed by atoms with Gasteiger partial charge in [0.2, 0.25) is 10.0 Å². The molecule has 1 saturated carbocycles. The van der Waals surface area contributed by atoms with Crippen LogP contribution in [0.25, 0.3) is 0 Å². The Kier molecular flexibility index (Phi) is 5.61. The van der Waals surface area contributed by atoms with Gasteiger partial charge in [-0.25, -0.2) is 13.1 Å². The second kappa shape index (κ2) is 7.24. The Hall–Kier alpha value is -1.11. The summed E-state index contributed by atoms with van der Waals surface area (Å²) in [5.74, 6) is 0.852. The van der Waals surface area contributed by atoms with Crippen LogP contribution in [0, 0.1) is 5.92 Å². The Bertz CT molecular complexity index is 526. The average molecular weight is 313 g/mol. The van der Waals surface area contributed by atoms with Crippen molar-refractivity contribution in [2.75, 3.05) is 12.4 Å². The van der Waals surface area contributed by atoms with Gasteiger partial charge in [0.15, 0.2) is 0 Å². The lowest BCUT2D eigenvalue weighted by Crippen LogP contribution is -2.47. The van der Waals surface area contributed by atoms with Crippen molar-refractivity contribution in [3.63, 3.8) is 0 Å². The molecule has 1 fully saturated rings. The molecule has 1 aromatic carbocycles. The molecule has 1 aliphatic rings. The highest BCUT2D eigenvalue weighted by atomic mass is 32.2. The summed E-state index contributed by atoms with van der Waals surface area (Å²) >= 11 is 0. The van der Waals surface area contributed by atoms with Gasteiger partial charge in [-0.05, 0) is 37.3 Å². The van der Waals surface area contributed by atoms with Crippen molar-refractivity contribution in [1.82, 2.24) is 4.72 Å². The molecular formula is C15H23NO4S. The molecule has 118 valence electrons. The number of aliphatic hydroxyl groups excluding tert-OH is 1. The number of para-hydroxylation sites is 1. The monoisotopic (exact) mass is 313 g/mol. The molecule has 0 amide bonds. The highest BCUT2D eigenvalue weighted by Gasteiger charge is 2.34. The van der Waals surface area contributed by atoms with Gasteiger partial charge in [0, 0.05) is 6.04 Å². The van der Waals surface area contributed by atoms with Gasteiger partial charge in [-0.15, -0.1) is 0 Å². The molecule has 0 unspecified atom stereocenters. The molecule has 1 aromatic rings. The topological polar surface area (TPSA) is 75.6 Å². The van der Waals surface area contributed by atoms with Gasteiger partial charge in [0.25, 0.3) is 0 Å². The zero-order valence-corrected chi connectivity index (χ0v) is 13.1. The van der Waals surface area contributed by atoms with E-state index in [-0.39, 0.29) is 30.4 Å². The summed E-state index contributed by atoms with van der Waals surface area (Å²) in [6.45, 7) is 2.08. The number of hydrogen-bond acceptors (Lipinski definition) is 4. The standard InChI is InChI=1S/C15H23NO4S/c1-2-15(12-10-13(17)11-12)16-21(18,19)9-8-20-14-6-4-3-5-7-14/h3-7,12-13,15-17H,2,8-11H2,1H3/t12?,13?,15-/m1/s1. The molecule has 0 spiro atoms. The first-order valence-electron chi connectivity index (χ1n) is 7.36. The highest BCUT2D eigenvalue weighted by Crippen LogP contribution is 2.31. The summed E-state index contributed by atoms with van der Waals surface area (Å²) in [5, 5.41) is 9.33. The second-order valence-electron chi connectivity index (χ2n) is 5.50. The molecule has 0 aliphatic heterocycles. The Morgan fingerprint density at radius 1 is 1.33 bits per heavy atom. The van der Waals surface area contributed by atoms with E-state index in [9.17, 15) is 13.5 Å². The zero-order chi connectivity index (χ0) is 15.3. The van der Waals surface area contributed by atoms with E-state index >= 15 is 0 Å². The van der Waals surface area contributed by atoms with Crippen molar-refractivity contribution in [3.8, 4) is 5.75 Å². The number of aliphatic hydroxyl groups is 1. The summed E-state index contributed by atoms with van der Waals surface area (Å²) in [7, 11) is -3.36. The van der Waals surface area contributed by atoms with E-state index in [2.05, 4.69) is 4.72 Å². The maximum atomic E-state index is 12.1. The zero-order valence-electron chi connectivity index (χ0n) is 12.2. The van der Waals surface area contributed by atoms with E-state index in [1.807, 2.05) is 25.1 Å². The fourth-order valence-corrected chi connectivity index (χ4v) is 3.79. The number of hydrogen-bond donors (Lipinski definition) is 2. The number of sulfonamides is 1. The van der Waals surface area contributed by atoms with Crippen LogP contribution in [0.2, 0.25) is 0 Å². The molecule has 2 rings (SSSR count). The number of ether oxygens (including phenoxy) is 1. The number of benzene rings is 1. The van der Waals surface area contributed by atoms with Crippen LogP contribution >= 0.6 is 0 Å². The summed E-state index contributed by atoms with van der Waals surface area (Å²) in [4.78, 5) is 0. The van der Waals surface area contributed by atoms with Gasteiger partial charge < -0.3 is 9.84 Å². The van der Waals surface area contributed by atoms with Crippen LogP contribution in [-0.2, 0) is 10.0 Å². The SMILES string of the molecule is CC[C@@H](NS(=O)(=O)CCOc1ccccc1)C1CC(O)C1. The fraction of sp³-hybridized carbons (Fsp3) is 0.600. The van der Waals surface area contributed by atoms with Crippen molar-refractivity contribution in [2.45, 2.75) is 38.3 Å². The predicted octanol–water partition coefficient (Wildman–Crippen LogP) is 1.53. The summed E-state index contributed by atoms with van der Waals surface area (Å²) in [6.07, 6.45) is 1.83. The first-order chi connectivity index (χ1) is 10.00. The molecule has 21 heavy (non-hydrogen) atoms. The third kappa shape index (κ3) is 4.98. The summed E-state index contributed by atoms with van der Waals surface area (Å²) in [6, 6.07) is 9.07. The van der Waals surface area contributed by atoms with Crippen LogP contribution in [0.1, 0.15) is 26.2 Å². The van der Waals surface area contributed by atoms with E-state index in [4.69, 9.17) is 4.74 Å².